The van der Waals surface area contributed by atoms with Crippen LogP contribution in [-0.4, -0.2) is 43.3 Å². The zero-order valence-corrected chi connectivity index (χ0v) is 11.1. The summed E-state index contributed by atoms with van der Waals surface area (Å²) in [4.78, 5) is 12.5. The number of ether oxygens (including phenoxy) is 1. The van der Waals surface area contributed by atoms with Crippen LogP contribution in [0.15, 0.2) is 24.3 Å². The van der Waals surface area contributed by atoms with E-state index in [0.717, 1.165) is 18.2 Å². The van der Waals surface area contributed by atoms with Gasteiger partial charge in [-0.05, 0) is 36.4 Å². The number of hydrogen-bond acceptors (Lipinski definition) is 3. The molecule has 1 N–H and O–H groups in total. The summed E-state index contributed by atoms with van der Waals surface area (Å²) in [6.07, 6.45) is 2.42. The first kappa shape index (κ1) is 15.3. The molecule has 19 heavy (non-hydrogen) atoms. The molecule has 0 saturated heterocycles. The number of methoxy groups -OCH3 is 1. The third kappa shape index (κ3) is 5.63. The second kappa shape index (κ2) is 7.66. The lowest BCUT2D eigenvalue weighted by Crippen LogP contribution is -2.22. The Hall–Kier alpha value is -1.72. The summed E-state index contributed by atoms with van der Waals surface area (Å²) in [5.41, 5.74) is 1.45. The second-order valence-corrected chi connectivity index (χ2v) is 4.25. The number of rotatable bonds is 7. The number of nitrogens with zero attached hydrogens (tertiary/aromatic N) is 1. The van der Waals surface area contributed by atoms with Crippen LogP contribution in [0.1, 0.15) is 11.1 Å². The van der Waals surface area contributed by atoms with E-state index in [2.05, 4.69) is 0 Å². The minimum Gasteiger partial charge on any atom is -0.478 e. The maximum Gasteiger partial charge on any atom is 0.328 e. The van der Waals surface area contributed by atoms with Crippen LogP contribution in [0.2, 0.25) is 0 Å². The average Bonchev–Trinajstić information content (AvgIpc) is 2.36. The number of aliphatic carboxylic acids is 1. The Balaban J connectivity index is 2.84. The average molecular weight is 267 g/mol. The van der Waals surface area contributed by atoms with Gasteiger partial charge < -0.3 is 9.84 Å². The predicted molar refractivity (Wildman–Crippen MR) is 71.3 cm³/mol. The fourth-order valence-electron chi connectivity index (χ4n) is 1.64. The molecule has 0 aliphatic heterocycles. The van der Waals surface area contributed by atoms with E-state index in [1.165, 1.54) is 18.2 Å². The van der Waals surface area contributed by atoms with Gasteiger partial charge in [-0.3, -0.25) is 4.90 Å². The van der Waals surface area contributed by atoms with Crippen molar-refractivity contribution in [3.63, 3.8) is 0 Å². The van der Waals surface area contributed by atoms with Gasteiger partial charge in [0.25, 0.3) is 0 Å². The summed E-state index contributed by atoms with van der Waals surface area (Å²) in [5.74, 6) is -1.43. The van der Waals surface area contributed by atoms with Crippen LogP contribution >= 0.6 is 0 Å². The molecule has 0 unspecified atom stereocenters. The lowest BCUT2D eigenvalue weighted by molar-refractivity contribution is -0.131. The molecule has 1 aromatic rings. The lowest BCUT2D eigenvalue weighted by atomic mass is 10.1. The molecule has 0 heterocycles. The molecular formula is C14H18FNO3. The summed E-state index contributed by atoms with van der Waals surface area (Å²) in [5, 5.41) is 8.63. The fraction of sp³-hybridized carbons (Fsp3) is 0.357. The van der Waals surface area contributed by atoms with Gasteiger partial charge in [-0.25, -0.2) is 9.18 Å². The first-order valence-electron chi connectivity index (χ1n) is 5.90. The molecule has 1 rings (SSSR count). The quantitative estimate of drug-likeness (QED) is 0.768. The largest absolute Gasteiger partial charge is 0.478 e. The molecule has 0 radical (unpaired) electrons. The molecule has 0 aliphatic carbocycles. The monoisotopic (exact) mass is 267 g/mol. The smallest absolute Gasteiger partial charge is 0.328 e. The highest BCUT2D eigenvalue weighted by molar-refractivity contribution is 5.85. The summed E-state index contributed by atoms with van der Waals surface area (Å²) in [7, 11) is 3.56. The third-order valence-electron chi connectivity index (χ3n) is 2.63. The van der Waals surface area contributed by atoms with Crippen LogP contribution in [-0.2, 0) is 16.1 Å². The molecule has 4 nitrogen and oxygen atoms in total. The maximum atomic E-state index is 13.2. The Morgan fingerprint density at radius 3 is 2.89 bits per heavy atom. The summed E-state index contributed by atoms with van der Waals surface area (Å²) in [6.45, 7) is 1.96. The van der Waals surface area contributed by atoms with Crippen molar-refractivity contribution < 1.29 is 19.0 Å². The number of benzene rings is 1. The van der Waals surface area contributed by atoms with E-state index in [0.29, 0.717) is 18.7 Å². The van der Waals surface area contributed by atoms with Gasteiger partial charge in [-0.1, -0.05) is 6.07 Å². The van der Waals surface area contributed by atoms with Gasteiger partial charge in [-0.2, -0.15) is 0 Å². The topological polar surface area (TPSA) is 49.8 Å². The molecule has 1 aromatic carbocycles. The first-order valence-corrected chi connectivity index (χ1v) is 5.90. The maximum absolute atomic E-state index is 13.2. The minimum atomic E-state index is -1.05. The van der Waals surface area contributed by atoms with Gasteiger partial charge in [0.2, 0.25) is 0 Å². The van der Waals surface area contributed by atoms with Crippen molar-refractivity contribution in [2.75, 3.05) is 27.3 Å². The molecule has 0 spiro atoms. The molecule has 0 fully saturated rings. The number of halogens is 1. The summed E-state index contributed by atoms with van der Waals surface area (Å²) in [6, 6.07) is 4.37. The Labute approximate surface area is 112 Å². The van der Waals surface area contributed by atoms with Crippen molar-refractivity contribution in [2.45, 2.75) is 6.54 Å². The van der Waals surface area contributed by atoms with Crippen molar-refractivity contribution in [1.82, 2.24) is 4.90 Å². The molecule has 0 aromatic heterocycles. The minimum absolute atomic E-state index is 0.381. The first-order chi connectivity index (χ1) is 9.02. The van der Waals surface area contributed by atoms with E-state index in [9.17, 15) is 9.18 Å². The van der Waals surface area contributed by atoms with E-state index < -0.39 is 5.97 Å². The van der Waals surface area contributed by atoms with E-state index >= 15 is 0 Å². The highest BCUT2D eigenvalue weighted by Crippen LogP contribution is 2.15. The standard InChI is InChI=1S/C14H18FNO3/c1-16(7-8-19-2)10-12-3-5-13(15)9-11(12)4-6-14(17)18/h3-6,9H,7-8,10H2,1-2H3,(H,17,18)/b6-4+. The second-order valence-electron chi connectivity index (χ2n) is 4.25. The molecule has 0 amide bonds. The van der Waals surface area contributed by atoms with Gasteiger partial charge in [0.15, 0.2) is 0 Å². The van der Waals surface area contributed by atoms with Crippen molar-refractivity contribution >= 4 is 12.0 Å². The van der Waals surface area contributed by atoms with E-state index in [-0.39, 0.29) is 5.82 Å². The van der Waals surface area contributed by atoms with Crippen LogP contribution in [0.3, 0.4) is 0 Å². The lowest BCUT2D eigenvalue weighted by Gasteiger charge is -2.17. The zero-order chi connectivity index (χ0) is 14.3. The Kier molecular flexibility index (Phi) is 6.18. The number of likely N-dealkylation sites (N-methyl/N-ethyl adjacent to an activating group) is 1. The third-order valence-corrected chi connectivity index (χ3v) is 2.63. The normalized spacial score (nSPS) is 11.4. The Morgan fingerprint density at radius 1 is 1.53 bits per heavy atom. The van der Waals surface area contributed by atoms with E-state index in [4.69, 9.17) is 9.84 Å². The highest BCUT2D eigenvalue weighted by atomic mass is 19.1. The van der Waals surface area contributed by atoms with Gasteiger partial charge in [0.05, 0.1) is 6.61 Å². The predicted octanol–water partition coefficient (Wildman–Crippen LogP) is 2.00. The number of carboxylic acid groups (broad SMARTS) is 1. The SMILES string of the molecule is COCCN(C)Cc1ccc(F)cc1/C=C/C(=O)O. The van der Waals surface area contributed by atoms with Crippen LogP contribution in [0.5, 0.6) is 0 Å². The molecule has 0 bridgehead atoms. The van der Waals surface area contributed by atoms with E-state index in [1.54, 1.807) is 13.2 Å². The van der Waals surface area contributed by atoms with Crippen LogP contribution in [0.25, 0.3) is 6.08 Å². The van der Waals surface area contributed by atoms with Gasteiger partial charge in [-0.15, -0.1) is 0 Å². The van der Waals surface area contributed by atoms with Crippen LogP contribution < -0.4 is 0 Å². The van der Waals surface area contributed by atoms with Gasteiger partial charge in [0, 0.05) is 26.3 Å². The highest BCUT2D eigenvalue weighted by Gasteiger charge is 2.06. The summed E-state index contributed by atoms with van der Waals surface area (Å²) >= 11 is 0. The van der Waals surface area contributed by atoms with Crippen LogP contribution in [0.4, 0.5) is 4.39 Å². The van der Waals surface area contributed by atoms with Gasteiger partial charge >= 0.3 is 5.97 Å². The summed E-state index contributed by atoms with van der Waals surface area (Å²) < 4.78 is 18.2. The molecular weight excluding hydrogens is 249 g/mol. The fourth-order valence-corrected chi connectivity index (χ4v) is 1.64. The van der Waals surface area contributed by atoms with Crippen molar-refractivity contribution in [2.24, 2.45) is 0 Å². The molecule has 5 heteroatoms. The Morgan fingerprint density at radius 2 is 2.26 bits per heavy atom. The van der Waals surface area contributed by atoms with Gasteiger partial charge in [0.1, 0.15) is 5.82 Å². The molecule has 104 valence electrons. The number of carbonyl (C=O) groups is 1. The van der Waals surface area contributed by atoms with Crippen LogP contribution in [0, 0.1) is 5.82 Å². The van der Waals surface area contributed by atoms with Crippen molar-refractivity contribution in [3.8, 4) is 0 Å². The zero-order valence-electron chi connectivity index (χ0n) is 11.1. The number of hydrogen-bond donors (Lipinski definition) is 1. The molecule has 0 saturated carbocycles. The molecule has 0 atom stereocenters. The van der Waals surface area contributed by atoms with Crippen molar-refractivity contribution in [1.29, 1.82) is 0 Å². The molecule has 0 aliphatic rings. The van der Waals surface area contributed by atoms with E-state index in [1.807, 2.05) is 11.9 Å². The van der Waals surface area contributed by atoms with Crippen molar-refractivity contribution in [3.05, 3.63) is 41.2 Å². The Bertz CT molecular complexity index is 460. The number of carboxylic acids is 1.